The van der Waals surface area contributed by atoms with Crippen LogP contribution in [0.15, 0.2) is 36.7 Å². The van der Waals surface area contributed by atoms with Crippen LogP contribution >= 0.6 is 0 Å². The van der Waals surface area contributed by atoms with Crippen molar-refractivity contribution in [3.63, 3.8) is 0 Å². The van der Waals surface area contributed by atoms with E-state index in [1.807, 2.05) is 6.92 Å². The van der Waals surface area contributed by atoms with E-state index in [1.54, 1.807) is 18.2 Å². The number of ether oxygens (including phenoxy) is 1. The molecule has 0 aromatic carbocycles. The van der Waals surface area contributed by atoms with Crippen LogP contribution in [0, 0.1) is 6.92 Å². The lowest BCUT2D eigenvalue weighted by Gasteiger charge is -2.06. The summed E-state index contributed by atoms with van der Waals surface area (Å²) < 4.78 is 5.37. The summed E-state index contributed by atoms with van der Waals surface area (Å²) in [6, 6.07) is 6.47. The maximum atomic E-state index is 10.9. The molecule has 0 aliphatic carbocycles. The van der Waals surface area contributed by atoms with Crippen molar-refractivity contribution in [2.45, 2.75) is 6.92 Å². The summed E-state index contributed by atoms with van der Waals surface area (Å²) in [5, 5.41) is 8.95. The molecule has 0 bridgehead atoms. The number of aromatic carboxylic acids is 1. The Morgan fingerprint density at radius 3 is 2.76 bits per heavy atom. The van der Waals surface area contributed by atoms with Crippen molar-refractivity contribution in [2.24, 2.45) is 0 Å². The number of aromatic nitrogens is 2. The number of carboxylic acids is 1. The zero-order valence-corrected chi connectivity index (χ0v) is 9.12. The van der Waals surface area contributed by atoms with Gasteiger partial charge in [-0.15, -0.1) is 0 Å². The monoisotopic (exact) mass is 230 g/mol. The highest BCUT2D eigenvalue weighted by Crippen LogP contribution is 2.22. The van der Waals surface area contributed by atoms with Gasteiger partial charge in [-0.1, -0.05) is 0 Å². The van der Waals surface area contributed by atoms with Gasteiger partial charge < -0.3 is 9.84 Å². The smallest absolute Gasteiger partial charge is 0.341 e. The highest BCUT2D eigenvalue weighted by molar-refractivity contribution is 5.90. The van der Waals surface area contributed by atoms with Gasteiger partial charge in [0, 0.05) is 11.9 Å². The summed E-state index contributed by atoms with van der Waals surface area (Å²) in [6.45, 7) is 1.85. The number of hydrogen-bond donors (Lipinski definition) is 1. The van der Waals surface area contributed by atoms with E-state index >= 15 is 0 Å². The molecule has 0 unspecified atom stereocenters. The Hall–Kier alpha value is -2.43. The van der Waals surface area contributed by atoms with Gasteiger partial charge >= 0.3 is 5.97 Å². The first-order valence-corrected chi connectivity index (χ1v) is 4.95. The van der Waals surface area contributed by atoms with Crippen LogP contribution in [0.25, 0.3) is 0 Å². The number of carboxylic acid groups (broad SMARTS) is 1. The van der Waals surface area contributed by atoms with E-state index in [-0.39, 0.29) is 11.4 Å². The highest BCUT2D eigenvalue weighted by atomic mass is 16.5. The van der Waals surface area contributed by atoms with Crippen LogP contribution in [0.5, 0.6) is 11.6 Å². The zero-order valence-electron chi connectivity index (χ0n) is 9.12. The molecular weight excluding hydrogens is 220 g/mol. The van der Waals surface area contributed by atoms with Crippen LogP contribution in [0.4, 0.5) is 0 Å². The summed E-state index contributed by atoms with van der Waals surface area (Å²) in [4.78, 5) is 18.9. The Morgan fingerprint density at radius 1 is 1.29 bits per heavy atom. The minimum Gasteiger partial charge on any atom is -0.477 e. The first-order valence-electron chi connectivity index (χ1n) is 4.95. The number of aryl methyl sites for hydroxylation is 1. The van der Waals surface area contributed by atoms with E-state index in [4.69, 9.17) is 9.84 Å². The molecule has 17 heavy (non-hydrogen) atoms. The SMILES string of the molecule is Cc1ccc(Oc2ncccc2C(=O)O)cn1. The Morgan fingerprint density at radius 2 is 2.12 bits per heavy atom. The van der Waals surface area contributed by atoms with E-state index in [0.717, 1.165) is 5.69 Å². The van der Waals surface area contributed by atoms with Gasteiger partial charge in [-0.2, -0.15) is 0 Å². The molecule has 2 heterocycles. The van der Waals surface area contributed by atoms with Gasteiger partial charge in [0.2, 0.25) is 5.88 Å². The number of carbonyl (C=O) groups is 1. The molecule has 0 aliphatic rings. The summed E-state index contributed by atoms with van der Waals surface area (Å²) in [7, 11) is 0. The molecule has 0 saturated carbocycles. The Balaban J connectivity index is 2.30. The topological polar surface area (TPSA) is 72.3 Å². The molecule has 2 rings (SSSR count). The Kier molecular flexibility index (Phi) is 3.00. The molecule has 86 valence electrons. The van der Waals surface area contributed by atoms with E-state index < -0.39 is 5.97 Å². The second-order valence-electron chi connectivity index (χ2n) is 3.40. The largest absolute Gasteiger partial charge is 0.477 e. The summed E-state index contributed by atoms with van der Waals surface area (Å²) >= 11 is 0. The lowest BCUT2D eigenvalue weighted by molar-refractivity contribution is 0.0693. The molecule has 2 aromatic heterocycles. The molecule has 0 aliphatic heterocycles. The third-order valence-electron chi connectivity index (χ3n) is 2.10. The molecule has 5 heteroatoms. The Bertz CT molecular complexity index is 538. The third kappa shape index (κ3) is 2.57. The maximum Gasteiger partial charge on any atom is 0.341 e. The fourth-order valence-corrected chi connectivity index (χ4v) is 1.26. The second kappa shape index (κ2) is 4.61. The van der Waals surface area contributed by atoms with E-state index in [0.29, 0.717) is 5.75 Å². The number of rotatable bonds is 3. The minimum atomic E-state index is -1.08. The van der Waals surface area contributed by atoms with Crippen molar-refractivity contribution in [2.75, 3.05) is 0 Å². The van der Waals surface area contributed by atoms with Crippen LogP contribution in [0.1, 0.15) is 16.1 Å². The van der Waals surface area contributed by atoms with Crippen molar-refractivity contribution in [3.05, 3.63) is 47.9 Å². The molecule has 5 nitrogen and oxygen atoms in total. The van der Waals surface area contributed by atoms with Gasteiger partial charge in [-0.05, 0) is 31.2 Å². The van der Waals surface area contributed by atoms with Crippen LogP contribution in [0.2, 0.25) is 0 Å². The molecule has 0 saturated heterocycles. The fraction of sp³-hybridized carbons (Fsp3) is 0.0833. The average Bonchev–Trinajstić information content (AvgIpc) is 2.32. The van der Waals surface area contributed by atoms with Gasteiger partial charge in [0.15, 0.2) is 0 Å². The standard InChI is InChI=1S/C12H10N2O3/c1-8-4-5-9(7-14-8)17-11-10(12(15)16)3-2-6-13-11/h2-7H,1H3,(H,15,16). The first kappa shape index (κ1) is 11.1. The van der Waals surface area contributed by atoms with Gasteiger partial charge in [-0.25, -0.2) is 9.78 Å². The minimum absolute atomic E-state index is 0.0214. The van der Waals surface area contributed by atoms with Crippen LogP contribution in [0.3, 0.4) is 0 Å². The normalized spacial score (nSPS) is 9.94. The molecule has 0 atom stereocenters. The van der Waals surface area contributed by atoms with Crippen molar-refractivity contribution < 1.29 is 14.6 Å². The van der Waals surface area contributed by atoms with Crippen LogP contribution in [-0.4, -0.2) is 21.0 Å². The predicted octanol–water partition coefficient (Wildman–Crippen LogP) is 2.28. The molecule has 0 spiro atoms. The predicted molar refractivity (Wildman–Crippen MR) is 60.2 cm³/mol. The first-order chi connectivity index (χ1) is 8.16. The molecule has 0 fully saturated rings. The van der Waals surface area contributed by atoms with Gasteiger partial charge in [0.05, 0.1) is 6.20 Å². The number of hydrogen-bond acceptors (Lipinski definition) is 4. The second-order valence-corrected chi connectivity index (χ2v) is 3.40. The van der Waals surface area contributed by atoms with Gasteiger partial charge in [-0.3, -0.25) is 4.98 Å². The van der Waals surface area contributed by atoms with E-state index in [1.165, 1.54) is 18.5 Å². The molecule has 2 aromatic rings. The Labute approximate surface area is 97.7 Å². The summed E-state index contributed by atoms with van der Waals surface area (Å²) in [5.41, 5.74) is 0.880. The van der Waals surface area contributed by atoms with Gasteiger partial charge in [0.1, 0.15) is 11.3 Å². The van der Waals surface area contributed by atoms with Gasteiger partial charge in [0.25, 0.3) is 0 Å². The van der Waals surface area contributed by atoms with E-state index in [2.05, 4.69) is 9.97 Å². The third-order valence-corrected chi connectivity index (χ3v) is 2.10. The lowest BCUT2D eigenvalue weighted by atomic mass is 10.3. The molecule has 1 N–H and O–H groups in total. The van der Waals surface area contributed by atoms with Crippen molar-refractivity contribution in [1.82, 2.24) is 9.97 Å². The molecular formula is C12H10N2O3. The summed E-state index contributed by atoms with van der Waals surface area (Å²) in [6.07, 6.45) is 3.00. The zero-order chi connectivity index (χ0) is 12.3. The van der Waals surface area contributed by atoms with Crippen molar-refractivity contribution in [1.29, 1.82) is 0 Å². The summed E-state index contributed by atoms with van der Waals surface area (Å²) in [5.74, 6) is -0.560. The van der Waals surface area contributed by atoms with E-state index in [9.17, 15) is 4.79 Å². The molecule has 0 radical (unpaired) electrons. The lowest BCUT2D eigenvalue weighted by Crippen LogP contribution is -2.01. The highest BCUT2D eigenvalue weighted by Gasteiger charge is 2.12. The fourth-order valence-electron chi connectivity index (χ4n) is 1.26. The van der Waals surface area contributed by atoms with Crippen LogP contribution in [-0.2, 0) is 0 Å². The quantitative estimate of drug-likeness (QED) is 0.875. The average molecular weight is 230 g/mol. The van der Waals surface area contributed by atoms with Crippen molar-refractivity contribution in [3.8, 4) is 11.6 Å². The number of nitrogens with zero attached hydrogens (tertiary/aromatic N) is 2. The number of pyridine rings is 2. The molecule has 0 amide bonds. The maximum absolute atomic E-state index is 10.9. The van der Waals surface area contributed by atoms with Crippen molar-refractivity contribution >= 4 is 5.97 Å². The van der Waals surface area contributed by atoms with Crippen LogP contribution < -0.4 is 4.74 Å².